The molecule has 130 valence electrons. The molecule has 0 unspecified atom stereocenters. The number of hydrogen-bond acceptors (Lipinski definition) is 5. The second-order valence-corrected chi connectivity index (χ2v) is 5.66. The van der Waals surface area contributed by atoms with Gasteiger partial charge in [0.1, 0.15) is 17.2 Å². The molecule has 0 spiro atoms. The third-order valence-corrected chi connectivity index (χ3v) is 3.75. The Morgan fingerprint density at radius 1 is 1.04 bits per heavy atom. The summed E-state index contributed by atoms with van der Waals surface area (Å²) in [6.45, 7) is 1.61. The van der Waals surface area contributed by atoms with E-state index in [2.05, 4.69) is 0 Å². The molecule has 2 aromatic carbocycles. The van der Waals surface area contributed by atoms with Gasteiger partial charge in [-0.1, -0.05) is 29.9 Å². The summed E-state index contributed by atoms with van der Waals surface area (Å²) in [6.07, 6.45) is 4.77. The molecule has 5 heteroatoms. The number of benzene rings is 2. The molecular weight excluding hydrogens is 320 g/mol. The molecule has 0 aliphatic carbocycles. The molecule has 0 amide bonds. The summed E-state index contributed by atoms with van der Waals surface area (Å²) in [6, 6.07) is 9.05. The molecule has 2 aromatic rings. The Morgan fingerprint density at radius 3 is 2.36 bits per heavy atom. The molecule has 2 rings (SSSR count). The number of phenols is 3. The third kappa shape index (κ3) is 4.71. The van der Waals surface area contributed by atoms with Gasteiger partial charge in [0, 0.05) is 5.56 Å². The average molecular weight is 340 g/mol. The topological polar surface area (TPSA) is 98.0 Å². The highest BCUT2D eigenvalue weighted by Crippen LogP contribution is 2.32. The number of allylic oxidation sites excluding steroid dienone is 2. The molecule has 0 fully saturated rings. The molecule has 0 aliphatic rings. The summed E-state index contributed by atoms with van der Waals surface area (Å²) in [7, 11) is 0. The van der Waals surface area contributed by atoms with Crippen LogP contribution in [0.15, 0.2) is 54.1 Å². The second kappa shape index (κ2) is 8.17. The van der Waals surface area contributed by atoms with Gasteiger partial charge < -0.3 is 20.4 Å². The molecule has 0 saturated heterocycles. The summed E-state index contributed by atoms with van der Waals surface area (Å²) >= 11 is 0. The molecule has 25 heavy (non-hydrogen) atoms. The third-order valence-electron chi connectivity index (χ3n) is 3.75. The highest BCUT2D eigenvalue weighted by molar-refractivity contribution is 6.09. The Bertz CT molecular complexity index is 817. The number of rotatable bonds is 6. The maximum Gasteiger partial charge on any atom is 0.189 e. The van der Waals surface area contributed by atoms with Crippen LogP contribution in [0.1, 0.15) is 28.4 Å². The van der Waals surface area contributed by atoms with Crippen LogP contribution in [0, 0.1) is 0 Å². The van der Waals surface area contributed by atoms with Crippen molar-refractivity contribution in [2.24, 2.45) is 0 Å². The van der Waals surface area contributed by atoms with E-state index < -0.39 is 5.78 Å². The van der Waals surface area contributed by atoms with Crippen LogP contribution in [0.3, 0.4) is 0 Å². The number of aromatic hydroxyl groups is 3. The summed E-state index contributed by atoms with van der Waals surface area (Å²) in [5.74, 6) is -0.661. The summed E-state index contributed by atoms with van der Waals surface area (Å²) < 4.78 is 0. The van der Waals surface area contributed by atoms with Gasteiger partial charge in [-0.15, -0.1) is 0 Å². The van der Waals surface area contributed by atoms with Crippen LogP contribution in [-0.4, -0.2) is 32.8 Å². The first-order valence-electron chi connectivity index (χ1n) is 7.74. The summed E-state index contributed by atoms with van der Waals surface area (Å²) in [5, 5.41) is 38.5. The molecule has 0 radical (unpaired) electrons. The van der Waals surface area contributed by atoms with Gasteiger partial charge in [0.15, 0.2) is 5.78 Å². The van der Waals surface area contributed by atoms with Crippen LogP contribution in [0.2, 0.25) is 0 Å². The largest absolute Gasteiger partial charge is 0.508 e. The quantitative estimate of drug-likeness (QED) is 0.368. The first kappa shape index (κ1) is 18.3. The van der Waals surface area contributed by atoms with Gasteiger partial charge in [-0.3, -0.25) is 4.79 Å². The van der Waals surface area contributed by atoms with Gasteiger partial charge in [0.05, 0.1) is 12.2 Å². The lowest BCUT2D eigenvalue weighted by Crippen LogP contribution is -1.98. The molecule has 0 atom stereocenters. The number of aliphatic hydroxyl groups is 1. The Hall–Kier alpha value is -3.05. The van der Waals surface area contributed by atoms with Crippen LogP contribution < -0.4 is 0 Å². The maximum atomic E-state index is 12.3. The Labute approximate surface area is 145 Å². The fraction of sp³-hybridized carbons (Fsp3) is 0.150. The molecule has 0 bridgehead atoms. The summed E-state index contributed by atoms with van der Waals surface area (Å²) in [5.41, 5.74) is 1.74. The molecule has 4 N–H and O–H groups in total. The zero-order valence-electron chi connectivity index (χ0n) is 13.8. The smallest absolute Gasteiger partial charge is 0.189 e. The minimum atomic E-state index is -0.408. The van der Waals surface area contributed by atoms with Gasteiger partial charge in [-0.2, -0.15) is 0 Å². The van der Waals surface area contributed by atoms with E-state index in [1.807, 2.05) is 0 Å². The average Bonchev–Trinajstić information content (AvgIpc) is 2.60. The van der Waals surface area contributed by atoms with E-state index in [0.717, 1.165) is 5.56 Å². The van der Waals surface area contributed by atoms with Crippen molar-refractivity contribution in [3.8, 4) is 17.2 Å². The number of hydrogen-bond donors (Lipinski definition) is 4. The van der Waals surface area contributed by atoms with Gasteiger partial charge in [-0.05, 0) is 49.2 Å². The molecule has 0 saturated carbocycles. The van der Waals surface area contributed by atoms with E-state index in [1.54, 1.807) is 31.2 Å². The van der Waals surface area contributed by atoms with Crippen LogP contribution in [0.25, 0.3) is 6.08 Å². The number of phenolic OH excluding ortho intramolecular Hbond substituents is 3. The van der Waals surface area contributed by atoms with Crippen LogP contribution in [0.5, 0.6) is 17.2 Å². The van der Waals surface area contributed by atoms with Crippen molar-refractivity contribution in [2.45, 2.75) is 13.3 Å². The normalized spacial score (nSPS) is 11.8. The Kier molecular flexibility index (Phi) is 5.98. The zero-order valence-corrected chi connectivity index (χ0v) is 13.8. The fourth-order valence-corrected chi connectivity index (χ4v) is 2.21. The monoisotopic (exact) mass is 340 g/mol. The first-order chi connectivity index (χ1) is 11.9. The second-order valence-electron chi connectivity index (χ2n) is 5.66. The SMILES string of the molecule is CC(=CCc1c(O)ccc(C(=O)C=Cc2ccc(O)cc2)c1O)CO. The molecule has 0 aromatic heterocycles. The number of carbonyl (C=O) groups excluding carboxylic acids is 1. The van der Waals surface area contributed by atoms with Crippen LogP contribution >= 0.6 is 0 Å². The predicted molar refractivity (Wildman–Crippen MR) is 95.8 cm³/mol. The standard InChI is InChI=1S/C20H20O5/c1-13(12-21)2-8-16-19(24)11-9-17(20(16)25)18(23)10-5-14-3-6-15(22)7-4-14/h2-7,9-11,21-22,24-25H,8,12H2,1H3. The van der Waals surface area contributed by atoms with Gasteiger partial charge >= 0.3 is 0 Å². The molecule has 0 aliphatic heterocycles. The van der Waals surface area contributed by atoms with E-state index in [0.29, 0.717) is 5.57 Å². The van der Waals surface area contributed by atoms with E-state index in [4.69, 9.17) is 5.11 Å². The lowest BCUT2D eigenvalue weighted by atomic mass is 10.0. The molecule has 0 heterocycles. The van der Waals surface area contributed by atoms with Gasteiger partial charge in [-0.25, -0.2) is 0 Å². The van der Waals surface area contributed by atoms with E-state index >= 15 is 0 Å². The van der Waals surface area contributed by atoms with Gasteiger partial charge in [0.25, 0.3) is 0 Å². The van der Waals surface area contributed by atoms with Crippen molar-refractivity contribution in [1.29, 1.82) is 0 Å². The maximum absolute atomic E-state index is 12.3. The van der Waals surface area contributed by atoms with Crippen molar-refractivity contribution in [3.05, 3.63) is 70.8 Å². The predicted octanol–water partition coefficient (Wildman–Crippen LogP) is 3.18. The minimum absolute atomic E-state index is 0.0814. The van der Waals surface area contributed by atoms with Gasteiger partial charge in [0.2, 0.25) is 0 Å². The van der Waals surface area contributed by atoms with E-state index in [1.165, 1.54) is 30.3 Å². The Balaban J connectivity index is 2.26. The first-order valence-corrected chi connectivity index (χ1v) is 7.74. The molecular formula is C20H20O5. The fourth-order valence-electron chi connectivity index (χ4n) is 2.21. The van der Waals surface area contributed by atoms with Crippen molar-refractivity contribution in [3.63, 3.8) is 0 Å². The van der Waals surface area contributed by atoms with E-state index in [9.17, 15) is 20.1 Å². The molecule has 5 nitrogen and oxygen atoms in total. The van der Waals surface area contributed by atoms with Crippen molar-refractivity contribution in [2.75, 3.05) is 6.61 Å². The number of carbonyl (C=O) groups is 1. The van der Waals surface area contributed by atoms with Crippen LogP contribution in [-0.2, 0) is 6.42 Å². The lowest BCUT2D eigenvalue weighted by Gasteiger charge is -2.09. The highest BCUT2D eigenvalue weighted by Gasteiger charge is 2.15. The van der Waals surface area contributed by atoms with Crippen molar-refractivity contribution >= 4 is 11.9 Å². The van der Waals surface area contributed by atoms with E-state index in [-0.39, 0.29) is 41.4 Å². The van der Waals surface area contributed by atoms with Crippen molar-refractivity contribution < 1.29 is 25.2 Å². The zero-order chi connectivity index (χ0) is 18.4. The van der Waals surface area contributed by atoms with Crippen LogP contribution in [0.4, 0.5) is 0 Å². The number of ketones is 1. The minimum Gasteiger partial charge on any atom is -0.508 e. The highest BCUT2D eigenvalue weighted by atomic mass is 16.3. The number of aliphatic hydroxyl groups excluding tert-OH is 1. The summed E-state index contributed by atoms with van der Waals surface area (Å²) in [4.78, 5) is 12.3. The lowest BCUT2D eigenvalue weighted by molar-refractivity contribution is 0.104. The van der Waals surface area contributed by atoms with Crippen molar-refractivity contribution in [1.82, 2.24) is 0 Å². The Morgan fingerprint density at radius 2 is 1.72 bits per heavy atom.